The lowest BCUT2D eigenvalue weighted by Gasteiger charge is -2.18. The summed E-state index contributed by atoms with van der Waals surface area (Å²) < 4.78 is 43.0. The van der Waals surface area contributed by atoms with Crippen molar-refractivity contribution in [2.24, 2.45) is 5.73 Å². The maximum absolute atomic E-state index is 12.7. The fourth-order valence-corrected chi connectivity index (χ4v) is 1.86. The highest BCUT2D eigenvalue weighted by Crippen LogP contribution is 2.35. The van der Waals surface area contributed by atoms with Crippen molar-refractivity contribution in [3.05, 3.63) is 42.0 Å². The van der Waals surface area contributed by atoms with Crippen LogP contribution in [0, 0.1) is 0 Å². The van der Waals surface area contributed by atoms with Gasteiger partial charge in [0, 0.05) is 0 Å². The van der Waals surface area contributed by atoms with E-state index in [-0.39, 0.29) is 5.56 Å². The van der Waals surface area contributed by atoms with Gasteiger partial charge in [-0.05, 0) is 28.5 Å². The predicted molar refractivity (Wildman–Crippen MR) is 63.5 cm³/mol. The van der Waals surface area contributed by atoms with Gasteiger partial charge in [-0.25, -0.2) is 0 Å². The molecule has 0 aromatic heterocycles. The zero-order valence-corrected chi connectivity index (χ0v) is 9.66. The first-order chi connectivity index (χ1) is 8.43. The molecule has 0 aliphatic carbocycles. The third kappa shape index (κ3) is 2.26. The molecule has 0 aliphatic rings. The van der Waals surface area contributed by atoms with Crippen LogP contribution in [0.5, 0.6) is 5.75 Å². The van der Waals surface area contributed by atoms with Gasteiger partial charge in [0.05, 0.1) is 7.11 Å². The quantitative estimate of drug-likeness (QED) is 0.892. The molecule has 0 heterocycles. The SMILES string of the molecule is COc1ccc2c([C@H](N)C(F)(F)F)cccc2c1. The fourth-order valence-electron chi connectivity index (χ4n) is 1.86. The molecule has 0 saturated heterocycles. The van der Waals surface area contributed by atoms with Gasteiger partial charge in [-0.3, -0.25) is 0 Å². The summed E-state index contributed by atoms with van der Waals surface area (Å²) in [7, 11) is 1.51. The number of hydrogen-bond acceptors (Lipinski definition) is 2. The van der Waals surface area contributed by atoms with Gasteiger partial charge in [0.2, 0.25) is 0 Å². The number of alkyl halides is 3. The first kappa shape index (κ1) is 12.7. The Hall–Kier alpha value is -1.75. The topological polar surface area (TPSA) is 35.2 Å². The second-order valence-electron chi connectivity index (χ2n) is 3.95. The van der Waals surface area contributed by atoms with Gasteiger partial charge in [0.15, 0.2) is 0 Å². The molecule has 18 heavy (non-hydrogen) atoms. The zero-order chi connectivity index (χ0) is 13.3. The van der Waals surface area contributed by atoms with E-state index in [1.165, 1.54) is 13.2 Å². The Morgan fingerprint density at radius 3 is 2.50 bits per heavy atom. The summed E-state index contributed by atoms with van der Waals surface area (Å²) in [5, 5.41) is 1.16. The van der Waals surface area contributed by atoms with Crippen LogP contribution in [0.1, 0.15) is 11.6 Å². The number of benzene rings is 2. The normalized spacial score (nSPS) is 13.6. The van der Waals surface area contributed by atoms with Gasteiger partial charge >= 0.3 is 6.18 Å². The minimum atomic E-state index is -4.45. The molecule has 5 heteroatoms. The Kier molecular flexibility index (Phi) is 3.17. The van der Waals surface area contributed by atoms with Crippen LogP contribution in [-0.2, 0) is 0 Å². The minimum Gasteiger partial charge on any atom is -0.497 e. The van der Waals surface area contributed by atoms with E-state index in [1.54, 1.807) is 30.3 Å². The zero-order valence-electron chi connectivity index (χ0n) is 9.66. The Balaban J connectivity index is 2.59. The van der Waals surface area contributed by atoms with Gasteiger partial charge < -0.3 is 10.5 Å². The van der Waals surface area contributed by atoms with Crippen molar-refractivity contribution in [2.75, 3.05) is 7.11 Å². The molecule has 96 valence electrons. The second kappa shape index (κ2) is 4.49. The molecule has 0 spiro atoms. The van der Waals surface area contributed by atoms with Crippen molar-refractivity contribution in [1.29, 1.82) is 0 Å². The highest BCUT2D eigenvalue weighted by Gasteiger charge is 2.38. The van der Waals surface area contributed by atoms with Crippen molar-refractivity contribution in [3.63, 3.8) is 0 Å². The van der Waals surface area contributed by atoms with E-state index in [0.717, 1.165) is 0 Å². The van der Waals surface area contributed by atoms with Crippen molar-refractivity contribution in [3.8, 4) is 5.75 Å². The highest BCUT2D eigenvalue weighted by molar-refractivity contribution is 5.87. The number of fused-ring (bicyclic) bond motifs is 1. The molecule has 1 atom stereocenters. The molecule has 2 aromatic rings. The van der Waals surface area contributed by atoms with Crippen LogP contribution < -0.4 is 10.5 Å². The molecule has 2 nitrogen and oxygen atoms in total. The fraction of sp³-hybridized carbons (Fsp3) is 0.231. The predicted octanol–water partition coefficient (Wildman–Crippen LogP) is 3.41. The molecule has 0 radical (unpaired) electrons. The smallest absolute Gasteiger partial charge is 0.407 e. The highest BCUT2D eigenvalue weighted by atomic mass is 19.4. The van der Waals surface area contributed by atoms with E-state index >= 15 is 0 Å². The Labute approximate surface area is 102 Å². The molecule has 2 rings (SSSR count). The lowest BCUT2D eigenvalue weighted by molar-refractivity contribution is -0.148. The summed E-state index contributed by atoms with van der Waals surface area (Å²) in [5.74, 6) is 0.597. The molecule has 2 N–H and O–H groups in total. The van der Waals surface area contributed by atoms with Crippen LogP contribution in [0.3, 0.4) is 0 Å². The van der Waals surface area contributed by atoms with Crippen molar-refractivity contribution in [1.82, 2.24) is 0 Å². The van der Waals surface area contributed by atoms with Gasteiger partial charge in [0.25, 0.3) is 0 Å². The molecule has 0 bridgehead atoms. The van der Waals surface area contributed by atoms with Crippen LogP contribution in [0.4, 0.5) is 13.2 Å². The lowest BCUT2D eigenvalue weighted by Crippen LogP contribution is -2.28. The van der Waals surface area contributed by atoms with Crippen molar-refractivity contribution in [2.45, 2.75) is 12.2 Å². The Morgan fingerprint density at radius 1 is 1.17 bits per heavy atom. The minimum absolute atomic E-state index is 0.0719. The first-order valence-corrected chi connectivity index (χ1v) is 5.32. The Morgan fingerprint density at radius 2 is 1.89 bits per heavy atom. The van der Waals surface area contributed by atoms with Gasteiger partial charge in [-0.1, -0.05) is 24.3 Å². The van der Waals surface area contributed by atoms with E-state index in [9.17, 15) is 13.2 Å². The molecular formula is C13H12F3NO. The van der Waals surface area contributed by atoms with E-state index < -0.39 is 12.2 Å². The summed E-state index contributed by atoms with van der Waals surface area (Å²) in [6.07, 6.45) is -4.45. The van der Waals surface area contributed by atoms with E-state index in [1.807, 2.05) is 0 Å². The maximum atomic E-state index is 12.7. The number of ether oxygens (including phenoxy) is 1. The number of hydrogen-bond donors (Lipinski definition) is 1. The average molecular weight is 255 g/mol. The molecule has 0 aliphatic heterocycles. The van der Waals surface area contributed by atoms with Crippen LogP contribution in [0.2, 0.25) is 0 Å². The summed E-state index contributed by atoms with van der Waals surface area (Å²) in [5.41, 5.74) is 5.32. The molecule has 0 fully saturated rings. The number of nitrogens with two attached hydrogens (primary N) is 1. The van der Waals surface area contributed by atoms with Gasteiger partial charge in [-0.15, -0.1) is 0 Å². The monoisotopic (exact) mass is 255 g/mol. The molecule has 0 amide bonds. The lowest BCUT2D eigenvalue weighted by atomic mass is 9.99. The van der Waals surface area contributed by atoms with Crippen molar-refractivity contribution >= 4 is 10.8 Å². The van der Waals surface area contributed by atoms with Crippen LogP contribution in [0.15, 0.2) is 36.4 Å². The summed E-state index contributed by atoms with van der Waals surface area (Å²) in [6, 6.07) is 7.60. The van der Waals surface area contributed by atoms with Gasteiger partial charge in [-0.2, -0.15) is 13.2 Å². The summed E-state index contributed by atoms with van der Waals surface area (Å²) in [4.78, 5) is 0. The maximum Gasteiger partial charge on any atom is 0.407 e. The average Bonchev–Trinajstić information content (AvgIpc) is 2.35. The largest absolute Gasteiger partial charge is 0.497 e. The number of halogens is 3. The third-order valence-electron chi connectivity index (χ3n) is 2.81. The molecule has 0 unspecified atom stereocenters. The number of rotatable bonds is 2. The first-order valence-electron chi connectivity index (χ1n) is 5.32. The third-order valence-corrected chi connectivity index (χ3v) is 2.81. The van der Waals surface area contributed by atoms with E-state index in [4.69, 9.17) is 10.5 Å². The van der Waals surface area contributed by atoms with E-state index in [2.05, 4.69) is 0 Å². The molecule has 0 saturated carbocycles. The van der Waals surface area contributed by atoms with Crippen LogP contribution in [0.25, 0.3) is 10.8 Å². The van der Waals surface area contributed by atoms with Crippen molar-refractivity contribution < 1.29 is 17.9 Å². The molecular weight excluding hydrogens is 243 g/mol. The van der Waals surface area contributed by atoms with Crippen LogP contribution in [-0.4, -0.2) is 13.3 Å². The summed E-state index contributed by atoms with van der Waals surface area (Å²) >= 11 is 0. The Bertz CT molecular complexity index is 566. The van der Waals surface area contributed by atoms with Gasteiger partial charge in [0.1, 0.15) is 11.8 Å². The van der Waals surface area contributed by atoms with Crippen LogP contribution >= 0.6 is 0 Å². The summed E-state index contributed by atoms with van der Waals surface area (Å²) in [6.45, 7) is 0. The number of methoxy groups -OCH3 is 1. The second-order valence-corrected chi connectivity index (χ2v) is 3.95. The molecule has 2 aromatic carbocycles. The van der Waals surface area contributed by atoms with E-state index in [0.29, 0.717) is 16.5 Å². The standard InChI is InChI=1S/C13H12F3NO/c1-18-9-5-6-10-8(7-9)3-2-4-11(10)12(17)13(14,15)16/h2-7,12H,17H2,1H3/t12-/m0/s1.